The second kappa shape index (κ2) is 12.3. The third kappa shape index (κ3) is 4.82. The van der Waals surface area contributed by atoms with E-state index in [4.69, 9.17) is 18.9 Å². The van der Waals surface area contributed by atoms with E-state index in [1.54, 1.807) is 6.07 Å². The predicted molar refractivity (Wildman–Crippen MR) is 171 cm³/mol. The topological polar surface area (TPSA) is 120 Å². The average molecular weight is 746 g/mol. The minimum absolute atomic E-state index is 0.0924. The van der Waals surface area contributed by atoms with Crippen LogP contribution in [-0.2, 0) is 45.3 Å². The van der Waals surface area contributed by atoms with Crippen LogP contribution in [-0.4, -0.2) is 64.6 Å². The molecule has 2 bridgehead atoms. The van der Waals surface area contributed by atoms with E-state index in [1.165, 1.54) is 66.7 Å². The van der Waals surface area contributed by atoms with Gasteiger partial charge in [0.15, 0.2) is 12.2 Å². The first-order valence-electron chi connectivity index (χ1n) is 16.1. The lowest BCUT2D eigenvalue weighted by Crippen LogP contribution is -2.72. The monoisotopic (exact) mass is 745 g/mol. The first-order valence-corrected chi connectivity index (χ1v) is 16.1. The minimum atomic E-state index is -5.47. The molecule has 4 aromatic rings. The number of halogens is 6. The Balaban J connectivity index is 1.44. The lowest BCUT2D eigenvalue weighted by molar-refractivity contribution is -0.291. The number of nitrogens with zero attached hydrogens (tertiary/aromatic N) is 3. The SMILES string of the molecule is CO[C@@](C(=O)O[C@H]1[C@@H]2C=C3CC[C@@]3([C@H]1OC(=O)[C@](OC)(c1ccccc1)C(F)(F)F)n1c(=O)n(-c3ccccc3)c(=O)n12)(c1ccccc1)C(F)(F)F. The first-order chi connectivity index (χ1) is 25.1. The molecule has 1 saturated carbocycles. The molecule has 0 unspecified atom stereocenters. The molecule has 0 N–H and O–H groups in total. The summed E-state index contributed by atoms with van der Waals surface area (Å²) in [6, 6.07) is 17.4. The summed E-state index contributed by atoms with van der Waals surface area (Å²) in [4.78, 5) is 56.4. The van der Waals surface area contributed by atoms with Crippen molar-refractivity contribution in [3.63, 3.8) is 0 Å². The highest BCUT2D eigenvalue weighted by Crippen LogP contribution is 2.58. The second-order valence-electron chi connectivity index (χ2n) is 12.7. The molecule has 2 aliphatic carbocycles. The summed E-state index contributed by atoms with van der Waals surface area (Å²) in [6.07, 6.45) is -13.7. The zero-order chi connectivity index (χ0) is 38.1. The number of para-hydroxylation sites is 1. The summed E-state index contributed by atoms with van der Waals surface area (Å²) >= 11 is 0. The molecule has 4 aliphatic rings. The largest absolute Gasteiger partial charge is 0.453 e. The van der Waals surface area contributed by atoms with Crippen molar-refractivity contribution in [3.05, 3.63) is 135 Å². The van der Waals surface area contributed by atoms with Gasteiger partial charge in [-0.15, -0.1) is 0 Å². The zero-order valence-corrected chi connectivity index (χ0v) is 27.8. The van der Waals surface area contributed by atoms with Gasteiger partial charge in [-0.3, -0.25) is 0 Å². The molecule has 0 radical (unpaired) electrons. The maximum absolute atomic E-state index is 15.0. The second-order valence-corrected chi connectivity index (χ2v) is 12.7. The molecule has 1 fully saturated rings. The van der Waals surface area contributed by atoms with E-state index < -0.39 is 81.8 Å². The number of carbonyl (C=O) groups is 2. The lowest BCUT2D eigenvalue weighted by Gasteiger charge is -2.59. The van der Waals surface area contributed by atoms with Crippen molar-refractivity contribution in [2.75, 3.05) is 14.2 Å². The first kappa shape index (κ1) is 36.0. The highest BCUT2D eigenvalue weighted by Gasteiger charge is 2.71. The molecular formula is C36H29F6N3O8. The Bertz CT molecular complexity index is 2220. The Hall–Kier alpha value is -5.42. The summed E-state index contributed by atoms with van der Waals surface area (Å²) in [5.74, 6) is -4.12. The van der Waals surface area contributed by atoms with E-state index in [1.807, 2.05) is 0 Å². The molecule has 0 saturated heterocycles. The Morgan fingerprint density at radius 1 is 0.698 bits per heavy atom. The fourth-order valence-corrected chi connectivity index (χ4v) is 7.76. The van der Waals surface area contributed by atoms with E-state index in [0.717, 1.165) is 38.2 Å². The van der Waals surface area contributed by atoms with Gasteiger partial charge in [0.05, 0.1) is 5.69 Å². The number of ether oxygens (including phenoxy) is 4. The van der Waals surface area contributed by atoms with Gasteiger partial charge < -0.3 is 18.9 Å². The quantitative estimate of drug-likeness (QED) is 0.136. The van der Waals surface area contributed by atoms with Crippen LogP contribution >= 0.6 is 0 Å². The molecule has 1 aromatic heterocycles. The number of esters is 2. The fraction of sp³-hybridized carbons (Fsp3) is 0.333. The Labute approximate surface area is 295 Å². The van der Waals surface area contributed by atoms with Gasteiger partial charge in [-0.05, 0) is 30.5 Å². The number of alkyl halides is 6. The highest BCUT2D eigenvalue weighted by atomic mass is 19.4. The molecule has 0 amide bonds. The number of benzene rings is 3. The van der Waals surface area contributed by atoms with Gasteiger partial charge in [0.1, 0.15) is 11.6 Å². The molecular weight excluding hydrogens is 716 g/mol. The third-order valence-electron chi connectivity index (χ3n) is 10.3. The number of rotatable bonds is 9. The van der Waals surface area contributed by atoms with Gasteiger partial charge in [0.25, 0.3) is 11.2 Å². The lowest BCUT2D eigenvalue weighted by atomic mass is 9.61. The molecule has 8 rings (SSSR count). The summed E-state index contributed by atoms with van der Waals surface area (Å²) < 4.78 is 114. The number of carbonyl (C=O) groups excluding carboxylic acids is 2. The number of methoxy groups -OCH3 is 2. The van der Waals surface area contributed by atoms with Crippen LogP contribution in [0.15, 0.2) is 112 Å². The summed E-state index contributed by atoms with van der Waals surface area (Å²) in [5.41, 5.74) is -12.5. The average Bonchev–Trinajstić information content (AvgIpc) is 3.38. The molecule has 53 heavy (non-hydrogen) atoms. The van der Waals surface area contributed by atoms with Gasteiger partial charge >= 0.3 is 35.7 Å². The molecule has 17 heteroatoms. The van der Waals surface area contributed by atoms with Crippen molar-refractivity contribution < 1.29 is 54.9 Å². The molecule has 3 heterocycles. The molecule has 3 aromatic carbocycles. The van der Waals surface area contributed by atoms with Crippen molar-refractivity contribution in [2.45, 2.75) is 60.2 Å². The van der Waals surface area contributed by atoms with Gasteiger partial charge in [-0.1, -0.05) is 84.9 Å². The molecule has 1 spiro atoms. The Kier molecular flexibility index (Phi) is 8.37. The number of fused-ring (bicyclic) bond motifs is 1. The maximum atomic E-state index is 15.0. The van der Waals surface area contributed by atoms with Crippen molar-refractivity contribution in [1.82, 2.24) is 13.9 Å². The van der Waals surface area contributed by atoms with E-state index in [0.29, 0.717) is 19.8 Å². The molecule has 2 aliphatic heterocycles. The van der Waals surface area contributed by atoms with Crippen LogP contribution in [0.5, 0.6) is 0 Å². The third-order valence-corrected chi connectivity index (χ3v) is 10.3. The molecule has 11 nitrogen and oxygen atoms in total. The van der Waals surface area contributed by atoms with Crippen molar-refractivity contribution in [3.8, 4) is 5.69 Å². The van der Waals surface area contributed by atoms with E-state index >= 15 is 26.3 Å². The summed E-state index contributed by atoms with van der Waals surface area (Å²) in [7, 11) is 1.24. The Morgan fingerprint density at radius 3 is 1.60 bits per heavy atom. The molecule has 278 valence electrons. The van der Waals surface area contributed by atoms with Crippen molar-refractivity contribution >= 4 is 11.9 Å². The standard InChI is InChI=1S/C36H29F6N3O8/c1-50-33(35(37,38)39,21-12-6-3-7-13-21)28(46)52-26-25-20-23-18-19-32(23,45-31(49)43(30(48)44(25)45)24-16-10-5-11-17-24)27(26)53-29(47)34(51-2,36(40,41)42)22-14-8-4-9-15-22/h3-17,20,25-27H,18-19H2,1-2H3/t25-,26-,27-,32+,33+,34+/m0/s1. The van der Waals surface area contributed by atoms with E-state index in [2.05, 4.69) is 0 Å². The van der Waals surface area contributed by atoms with Gasteiger partial charge in [0, 0.05) is 25.3 Å². The zero-order valence-electron chi connectivity index (χ0n) is 27.8. The minimum Gasteiger partial charge on any atom is -0.453 e. The van der Waals surface area contributed by atoms with Crippen molar-refractivity contribution in [1.29, 1.82) is 0 Å². The molecule has 6 atom stereocenters. The van der Waals surface area contributed by atoms with E-state index in [9.17, 15) is 19.2 Å². The number of hydrogen-bond donors (Lipinski definition) is 0. The van der Waals surface area contributed by atoms with Crippen LogP contribution < -0.4 is 11.4 Å². The smallest absolute Gasteiger partial charge is 0.432 e. The van der Waals surface area contributed by atoms with Crippen LogP contribution in [0.2, 0.25) is 0 Å². The summed E-state index contributed by atoms with van der Waals surface area (Å²) in [6.45, 7) is 0. The maximum Gasteiger partial charge on any atom is 0.432 e. The van der Waals surface area contributed by atoms with Crippen LogP contribution in [0.1, 0.15) is 30.0 Å². The van der Waals surface area contributed by atoms with Crippen molar-refractivity contribution in [2.24, 2.45) is 0 Å². The highest BCUT2D eigenvalue weighted by molar-refractivity contribution is 5.84. The summed E-state index contributed by atoms with van der Waals surface area (Å²) in [5, 5.41) is 0. The van der Waals surface area contributed by atoms with Crippen LogP contribution in [0, 0.1) is 0 Å². The number of hydrogen-bond acceptors (Lipinski definition) is 8. The van der Waals surface area contributed by atoms with Gasteiger partial charge in [-0.2, -0.15) is 26.3 Å². The van der Waals surface area contributed by atoms with Crippen LogP contribution in [0.4, 0.5) is 26.3 Å². The van der Waals surface area contributed by atoms with Gasteiger partial charge in [0.2, 0.25) is 0 Å². The van der Waals surface area contributed by atoms with E-state index in [-0.39, 0.29) is 18.5 Å². The number of aromatic nitrogens is 3. The Morgan fingerprint density at radius 2 is 1.17 bits per heavy atom. The predicted octanol–water partition coefficient (Wildman–Crippen LogP) is 4.82. The van der Waals surface area contributed by atoms with Crippen LogP contribution in [0.25, 0.3) is 5.69 Å². The fourth-order valence-electron chi connectivity index (χ4n) is 7.76. The van der Waals surface area contributed by atoms with Gasteiger partial charge in [-0.25, -0.2) is 33.1 Å². The normalized spacial score (nSPS) is 24.1. The van der Waals surface area contributed by atoms with Crippen LogP contribution in [0.3, 0.4) is 0 Å².